The number of hydrogen-bond donors (Lipinski definition) is 8. The Hall–Kier alpha value is 0.840. The Kier molecular flexibility index (Phi) is 8.64. The van der Waals surface area contributed by atoms with Gasteiger partial charge in [-0.25, -0.2) is 0 Å². The van der Waals surface area contributed by atoms with Crippen molar-refractivity contribution in [3.8, 4) is 0 Å². The van der Waals surface area contributed by atoms with Crippen LogP contribution in [0.5, 0.6) is 0 Å². The summed E-state index contributed by atoms with van der Waals surface area (Å²) in [6.45, 7) is 0. The molecule has 0 radical (unpaired) electrons. The topological polar surface area (TPSA) is 96.2 Å². The van der Waals surface area contributed by atoms with E-state index < -0.39 is 0 Å². The van der Waals surface area contributed by atoms with E-state index in [4.69, 9.17) is 46.4 Å². The van der Waals surface area contributed by atoms with Crippen molar-refractivity contribution in [2.24, 2.45) is 47.3 Å². The maximum absolute atomic E-state index is 7.23. The van der Waals surface area contributed by atoms with Crippen LogP contribution < -0.4 is 42.5 Å². The Labute approximate surface area is 283 Å². The lowest BCUT2D eigenvalue weighted by molar-refractivity contribution is 0.170. The zero-order valence-electron chi connectivity index (χ0n) is 25.5. The van der Waals surface area contributed by atoms with E-state index >= 15 is 0 Å². The highest BCUT2D eigenvalue weighted by molar-refractivity contribution is 6.38. The fraction of sp³-hybridized carbons (Fsp3) is 1.00. The van der Waals surface area contributed by atoms with Crippen LogP contribution in [0.25, 0.3) is 0 Å². The molecule has 20 atom stereocenters. The maximum atomic E-state index is 7.23. The van der Waals surface area contributed by atoms with Gasteiger partial charge in [0.2, 0.25) is 0 Å². The third-order valence-corrected chi connectivity index (χ3v) is 16.5. The van der Waals surface area contributed by atoms with E-state index in [0.29, 0.717) is 60.2 Å². The average Bonchev–Trinajstić information content (AvgIpc) is 3.78. The molecular formula is C32H52Cl4N8. The third-order valence-electron chi connectivity index (χ3n) is 13.9. The molecule has 4 aliphatic carbocycles. The van der Waals surface area contributed by atoms with E-state index in [1.165, 1.54) is 77.0 Å². The first kappa shape index (κ1) is 30.9. The summed E-state index contributed by atoms with van der Waals surface area (Å²) in [6, 6.07) is 0. The predicted octanol–water partition coefficient (Wildman–Crippen LogP) is 3.47. The first-order chi connectivity index (χ1) is 21.5. The first-order valence-corrected chi connectivity index (χ1v) is 19.9. The fourth-order valence-electron chi connectivity index (χ4n) is 11.9. The number of rotatable bonds is 0. The second kappa shape index (κ2) is 12.3. The molecule has 12 heteroatoms. The van der Waals surface area contributed by atoms with E-state index in [1.807, 2.05) is 0 Å². The highest BCUT2D eigenvalue weighted by atomic mass is 35.5. The molecule has 5 heterocycles. The van der Waals surface area contributed by atoms with Crippen LogP contribution in [-0.4, -0.2) is 70.8 Å². The molecule has 0 aromatic heterocycles. The Balaban J connectivity index is 1.08. The van der Waals surface area contributed by atoms with Crippen LogP contribution in [0.3, 0.4) is 0 Å². The number of fused-ring (bicyclic) bond motifs is 20. The number of alkyl halides is 4. The van der Waals surface area contributed by atoms with Crippen LogP contribution >= 0.6 is 46.4 Å². The van der Waals surface area contributed by atoms with Gasteiger partial charge in [-0.1, -0.05) is 38.5 Å². The fourth-order valence-corrected chi connectivity index (χ4v) is 13.7. The van der Waals surface area contributed by atoms with Gasteiger partial charge in [-0.2, -0.15) is 0 Å². The molecule has 4 saturated carbocycles. The average molecular weight is 691 g/mol. The largest absolute Gasteiger partial charge is 0.286 e. The minimum atomic E-state index is -0.375. The standard InChI is InChI=1S/C32H52Cl4N8/c33-21-19-20(22(34)24(36)23(21)35)32-43-30-18-12-6-4-10-16(18)28(41-30)39-26-14-8-2-1-7-13(14)25(37-26)38-27-15-9-3-5-11-17(15)29(40-27)42-31(19)44-32/h13-32,37-44H,1-12H2. The molecule has 9 fully saturated rings. The van der Waals surface area contributed by atoms with Gasteiger partial charge in [0.15, 0.2) is 0 Å². The van der Waals surface area contributed by atoms with Crippen molar-refractivity contribution in [1.29, 1.82) is 0 Å². The van der Waals surface area contributed by atoms with Gasteiger partial charge in [-0.15, -0.1) is 46.4 Å². The Morgan fingerprint density at radius 3 is 0.727 bits per heavy atom. The van der Waals surface area contributed by atoms with Crippen molar-refractivity contribution in [2.45, 2.75) is 148 Å². The molecule has 9 rings (SSSR count). The van der Waals surface area contributed by atoms with Crippen LogP contribution in [0.2, 0.25) is 0 Å². The normalized spacial score (nSPS) is 60.3. The van der Waals surface area contributed by atoms with Crippen molar-refractivity contribution in [3.63, 3.8) is 0 Å². The van der Waals surface area contributed by atoms with Crippen molar-refractivity contribution in [3.05, 3.63) is 0 Å². The molecule has 8 bridgehead atoms. The van der Waals surface area contributed by atoms with Crippen LogP contribution in [-0.2, 0) is 0 Å². The number of halogens is 4. The summed E-state index contributed by atoms with van der Waals surface area (Å²) in [5.74, 6) is 3.88. The van der Waals surface area contributed by atoms with Gasteiger partial charge < -0.3 is 0 Å². The molecular weight excluding hydrogens is 638 g/mol. The molecule has 5 saturated heterocycles. The molecule has 0 aromatic rings. The highest BCUT2D eigenvalue weighted by Crippen LogP contribution is 2.49. The lowest BCUT2D eigenvalue weighted by Gasteiger charge is -2.44. The zero-order valence-corrected chi connectivity index (χ0v) is 28.6. The SMILES string of the molecule is ClC1C(Cl)C(Cl)C2C3NC4NC(NC5NC(NC6NC(NC(N3)C2C1Cl)C1CCCCC61)C1CCCCC51)C1CCCCC41. The minimum Gasteiger partial charge on any atom is -0.286 e. The molecule has 8 N–H and O–H groups in total. The Bertz CT molecular complexity index is 982. The molecule has 5 aliphatic heterocycles. The summed E-state index contributed by atoms with van der Waals surface area (Å²) >= 11 is 28.3. The number of hydrogen-bond acceptors (Lipinski definition) is 8. The van der Waals surface area contributed by atoms with Gasteiger partial charge in [0.1, 0.15) is 0 Å². The highest BCUT2D eigenvalue weighted by Gasteiger charge is 2.60. The minimum absolute atomic E-state index is 0.00686. The molecule has 20 unspecified atom stereocenters. The van der Waals surface area contributed by atoms with Gasteiger partial charge in [0.05, 0.1) is 70.8 Å². The quantitative estimate of drug-likeness (QED) is 0.184. The van der Waals surface area contributed by atoms with E-state index in [-0.39, 0.29) is 58.0 Å². The van der Waals surface area contributed by atoms with Gasteiger partial charge in [0.25, 0.3) is 0 Å². The van der Waals surface area contributed by atoms with Crippen molar-refractivity contribution in [1.82, 2.24) is 42.5 Å². The molecule has 0 aromatic carbocycles. The summed E-state index contributed by atoms with van der Waals surface area (Å²) in [6.07, 6.45) is 17.3. The molecule has 0 amide bonds. The van der Waals surface area contributed by atoms with Gasteiger partial charge in [0, 0.05) is 11.8 Å². The van der Waals surface area contributed by atoms with Crippen LogP contribution in [0.15, 0.2) is 0 Å². The van der Waals surface area contributed by atoms with Gasteiger partial charge >= 0.3 is 0 Å². The summed E-state index contributed by atoms with van der Waals surface area (Å²) in [5, 5.41) is 31.7. The molecule has 8 nitrogen and oxygen atoms in total. The summed E-state index contributed by atoms with van der Waals surface area (Å²) in [4.78, 5) is 0. The van der Waals surface area contributed by atoms with Crippen LogP contribution in [0, 0.1) is 47.3 Å². The summed E-state index contributed by atoms with van der Waals surface area (Å²) in [5.41, 5.74) is 0. The van der Waals surface area contributed by atoms with Crippen molar-refractivity contribution >= 4 is 46.4 Å². The maximum Gasteiger partial charge on any atom is 0.0681 e. The molecule has 9 aliphatic rings. The van der Waals surface area contributed by atoms with E-state index in [9.17, 15) is 0 Å². The van der Waals surface area contributed by atoms with Crippen LogP contribution in [0.1, 0.15) is 77.0 Å². The molecule has 44 heavy (non-hydrogen) atoms. The third kappa shape index (κ3) is 5.05. The van der Waals surface area contributed by atoms with E-state index in [2.05, 4.69) is 42.5 Å². The zero-order chi connectivity index (χ0) is 29.7. The second-order valence-electron chi connectivity index (χ2n) is 15.9. The van der Waals surface area contributed by atoms with Crippen molar-refractivity contribution in [2.75, 3.05) is 0 Å². The van der Waals surface area contributed by atoms with Gasteiger partial charge in [-0.05, 0) is 74.0 Å². The van der Waals surface area contributed by atoms with Crippen LogP contribution in [0.4, 0.5) is 0 Å². The molecule has 248 valence electrons. The lowest BCUT2D eigenvalue weighted by Crippen LogP contribution is -2.62. The van der Waals surface area contributed by atoms with E-state index in [0.717, 1.165) is 0 Å². The van der Waals surface area contributed by atoms with E-state index in [1.54, 1.807) is 0 Å². The number of nitrogens with one attached hydrogen (secondary N) is 8. The Morgan fingerprint density at radius 2 is 0.477 bits per heavy atom. The second-order valence-corrected chi connectivity index (χ2v) is 17.9. The predicted molar refractivity (Wildman–Crippen MR) is 177 cm³/mol. The Morgan fingerprint density at radius 1 is 0.273 bits per heavy atom. The lowest BCUT2D eigenvalue weighted by atomic mass is 9.76. The molecule has 0 spiro atoms. The summed E-state index contributed by atoms with van der Waals surface area (Å²) in [7, 11) is 0. The van der Waals surface area contributed by atoms with Gasteiger partial charge in [-0.3, -0.25) is 42.5 Å². The van der Waals surface area contributed by atoms with Crippen molar-refractivity contribution < 1.29 is 0 Å². The first-order valence-electron chi connectivity index (χ1n) is 18.1. The smallest absolute Gasteiger partial charge is 0.0681 e. The summed E-state index contributed by atoms with van der Waals surface area (Å²) < 4.78 is 0. The monoisotopic (exact) mass is 688 g/mol.